The normalized spacial score (nSPS) is 16.9. The molecule has 2 aromatic carbocycles. The van der Waals surface area contributed by atoms with Crippen LogP contribution in [0.3, 0.4) is 0 Å². The van der Waals surface area contributed by atoms with E-state index in [1.54, 1.807) is 31.1 Å². The van der Waals surface area contributed by atoms with Gasteiger partial charge in [0.05, 0.1) is 20.1 Å². The van der Waals surface area contributed by atoms with Crippen LogP contribution in [0, 0.1) is 5.92 Å². The highest BCUT2D eigenvalue weighted by atomic mass is 16.5. The third kappa shape index (κ3) is 4.68. The lowest BCUT2D eigenvalue weighted by Crippen LogP contribution is -2.34. The number of benzene rings is 2. The average molecular weight is 425 g/mol. The zero-order valence-electron chi connectivity index (χ0n) is 19.1. The monoisotopic (exact) mass is 424 g/mol. The second-order valence-corrected chi connectivity index (χ2v) is 8.12. The first-order valence-corrected chi connectivity index (χ1v) is 10.7. The number of anilines is 1. The first-order chi connectivity index (χ1) is 14.9. The van der Waals surface area contributed by atoms with Gasteiger partial charge in [-0.2, -0.15) is 0 Å². The van der Waals surface area contributed by atoms with E-state index < -0.39 is 0 Å². The second kappa shape index (κ2) is 9.86. The molecular formula is C25H32N2O4. The maximum absolute atomic E-state index is 13.2. The van der Waals surface area contributed by atoms with E-state index in [-0.39, 0.29) is 24.2 Å². The molecule has 2 atom stereocenters. The van der Waals surface area contributed by atoms with Crippen molar-refractivity contribution in [3.8, 4) is 11.5 Å². The second-order valence-electron chi connectivity index (χ2n) is 8.12. The lowest BCUT2D eigenvalue weighted by Gasteiger charge is -2.24. The molecule has 6 heteroatoms. The van der Waals surface area contributed by atoms with Gasteiger partial charge in [-0.25, -0.2) is 0 Å². The fourth-order valence-corrected chi connectivity index (χ4v) is 4.20. The fourth-order valence-electron chi connectivity index (χ4n) is 4.20. The number of hydrogen-bond donors (Lipinski definition) is 0. The van der Waals surface area contributed by atoms with Gasteiger partial charge in [0.2, 0.25) is 11.8 Å². The van der Waals surface area contributed by atoms with Crippen molar-refractivity contribution in [2.45, 2.75) is 39.2 Å². The molecule has 3 rings (SSSR count). The summed E-state index contributed by atoms with van der Waals surface area (Å²) in [6, 6.07) is 13.6. The van der Waals surface area contributed by atoms with Gasteiger partial charge in [0.15, 0.2) is 11.5 Å². The maximum Gasteiger partial charge on any atom is 0.228 e. The van der Waals surface area contributed by atoms with E-state index in [1.807, 2.05) is 36.4 Å². The van der Waals surface area contributed by atoms with Gasteiger partial charge in [0.1, 0.15) is 0 Å². The highest BCUT2D eigenvalue weighted by molar-refractivity contribution is 6.00. The van der Waals surface area contributed by atoms with Crippen LogP contribution < -0.4 is 14.4 Å². The molecule has 1 aliphatic rings. The Bertz CT molecular complexity index is 943. The van der Waals surface area contributed by atoms with Crippen molar-refractivity contribution in [1.29, 1.82) is 0 Å². The summed E-state index contributed by atoms with van der Waals surface area (Å²) in [4.78, 5) is 29.5. The number of methoxy groups -OCH3 is 2. The van der Waals surface area contributed by atoms with E-state index in [0.717, 1.165) is 23.2 Å². The van der Waals surface area contributed by atoms with Crippen molar-refractivity contribution < 1.29 is 19.1 Å². The molecule has 0 radical (unpaired) electrons. The van der Waals surface area contributed by atoms with E-state index in [4.69, 9.17) is 9.47 Å². The molecule has 0 saturated carbocycles. The molecule has 2 amide bonds. The largest absolute Gasteiger partial charge is 0.493 e. The SMILES string of the molecule is CC[C@@H](C)c1ccccc1N1C[C@H](C(=O)N(C)Cc2cccc(OC)c2OC)CC1=O. The molecule has 0 unspecified atom stereocenters. The Balaban J connectivity index is 1.76. The van der Waals surface area contributed by atoms with E-state index in [1.165, 1.54) is 0 Å². The Morgan fingerprint density at radius 1 is 1.16 bits per heavy atom. The minimum atomic E-state index is -0.362. The maximum atomic E-state index is 13.2. The lowest BCUT2D eigenvalue weighted by atomic mass is 9.96. The highest BCUT2D eigenvalue weighted by Crippen LogP contribution is 2.35. The Morgan fingerprint density at radius 3 is 2.58 bits per heavy atom. The van der Waals surface area contributed by atoms with Crippen molar-refractivity contribution in [2.24, 2.45) is 5.92 Å². The first-order valence-electron chi connectivity index (χ1n) is 10.7. The van der Waals surface area contributed by atoms with Crippen LogP contribution in [0.5, 0.6) is 11.5 Å². The molecule has 31 heavy (non-hydrogen) atoms. The summed E-state index contributed by atoms with van der Waals surface area (Å²) in [6.07, 6.45) is 1.22. The minimum Gasteiger partial charge on any atom is -0.493 e. The van der Waals surface area contributed by atoms with Crippen LogP contribution in [-0.4, -0.2) is 44.5 Å². The smallest absolute Gasteiger partial charge is 0.228 e. The third-order valence-electron chi connectivity index (χ3n) is 6.11. The predicted octanol–water partition coefficient (Wildman–Crippen LogP) is 4.23. The summed E-state index contributed by atoms with van der Waals surface area (Å²) < 4.78 is 10.8. The number of rotatable bonds is 8. The Labute approximate surface area is 184 Å². The Morgan fingerprint density at radius 2 is 1.90 bits per heavy atom. The number of ether oxygens (including phenoxy) is 2. The molecule has 0 aliphatic carbocycles. The Kier molecular flexibility index (Phi) is 7.21. The summed E-state index contributed by atoms with van der Waals surface area (Å²) in [5.74, 6) is 1.20. The van der Waals surface area contributed by atoms with Gasteiger partial charge in [-0.3, -0.25) is 9.59 Å². The quantitative estimate of drug-likeness (QED) is 0.636. The number of carbonyl (C=O) groups is 2. The van der Waals surface area contributed by atoms with Crippen molar-refractivity contribution in [3.05, 3.63) is 53.6 Å². The molecule has 0 bridgehead atoms. The number of amides is 2. The zero-order chi connectivity index (χ0) is 22.5. The summed E-state index contributed by atoms with van der Waals surface area (Å²) in [6.45, 7) is 5.09. The highest BCUT2D eigenvalue weighted by Gasteiger charge is 2.37. The van der Waals surface area contributed by atoms with Crippen molar-refractivity contribution in [3.63, 3.8) is 0 Å². The average Bonchev–Trinajstić information content (AvgIpc) is 3.18. The van der Waals surface area contributed by atoms with Crippen molar-refractivity contribution in [2.75, 3.05) is 32.7 Å². The van der Waals surface area contributed by atoms with Gasteiger partial charge in [-0.05, 0) is 30.0 Å². The van der Waals surface area contributed by atoms with Gasteiger partial charge >= 0.3 is 0 Å². The van der Waals surface area contributed by atoms with Crippen LogP contribution in [0.25, 0.3) is 0 Å². The van der Waals surface area contributed by atoms with Crippen molar-refractivity contribution in [1.82, 2.24) is 4.90 Å². The summed E-state index contributed by atoms with van der Waals surface area (Å²) in [7, 11) is 4.94. The fraction of sp³-hybridized carbons (Fsp3) is 0.440. The van der Waals surface area contributed by atoms with Crippen LogP contribution in [0.2, 0.25) is 0 Å². The molecule has 6 nitrogen and oxygen atoms in total. The van der Waals surface area contributed by atoms with E-state index >= 15 is 0 Å². The molecule has 1 heterocycles. The van der Waals surface area contributed by atoms with E-state index in [9.17, 15) is 9.59 Å². The molecule has 1 saturated heterocycles. The van der Waals surface area contributed by atoms with Gasteiger partial charge in [0.25, 0.3) is 0 Å². The number of carbonyl (C=O) groups excluding carboxylic acids is 2. The Hall–Kier alpha value is -3.02. The summed E-state index contributed by atoms with van der Waals surface area (Å²) in [5.41, 5.74) is 2.94. The first kappa shape index (κ1) is 22.7. The zero-order valence-corrected chi connectivity index (χ0v) is 19.1. The molecule has 0 spiro atoms. The van der Waals surface area contributed by atoms with Gasteiger partial charge < -0.3 is 19.3 Å². The topological polar surface area (TPSA) is 59.1 Å². The van der Waals surface area contributed by atoms with E-state index in [0.29, 0.717) is 30.5 Å². The molecule has 166 valence electrons. The molecule has 2 aromatic rings. The molecule has 1 fully saturated rings. The van der Waals surface area contributed by atoms with Crippen LogP contribution >= 0.6 is 0 Å². The number of para-hydroxylation sites is 2. The molecule has 0 N–H and O–H groups in total. The molecular weight excluding hydrogens is 392 g/mol. The van der Waals surface area contributed by atoms with Crippen molar-refractivity contribution >= 4 is 17.5 Å². The van der Waals surface area contributed by atoms with Crippen LogP contribution in [0.4, 0.5) is 5.69 Å². The minimum absolute atomic E-state index is 0.00136. The summed E-state index contributed by atoms with van der Waals surface area (Å²) >= 11 is 0. The summed E-state index contributed by atoms with van der Waals surface area (Å²) in [5, 5.41) is 0. The molecule has 1 aliphatic heterocycles. The number of hydrogen-bond acceptors (Lipinski definition) is 4. The van der Waals surface area contributed by atoms with Crippen LogP contribution in [0.1, 0.15) is 43.7 Å². The van der Waals surface area contributed by atoms with Gasteiger partial charge in [-0.15, -0.1) is 0 Å². The third-order valence-corrected chi connectivity index (χ3v) is 6.11. The van der Waals surface area contributed by atoms with Crippen LogP contribution in [0.15, 0.2) is 42.5 Å². The standard InChI is InChI=1S/C25H32N2O4/c1-6-17(2)20-11-7-8-12-21(20)27-16-19(14-23(27)28)25(29)26(3)15-18-10-9-13-22(30-4)24(18)31-5/h7-13,17,19H,6,14-16H2,1-5H3/t17-,19-/m1/s1. The van der Waals surface area contributed by atoms with E-state index in [2.05, 4.69) is 19.9 Å². The van der Waals surface area contributed by atoms with Gasteiger partial charge in [-0.1, -0.05) is 44.2 Å². The predicted molar refractivity (Wildman–Crippen MR) is 122 cm³/mol. The van der Waals surface area contributed by atoms with Gasteiger partial charge in [0, 0.05) is 37.8 Å². The number of nitrogens with zero attached hydrogens (tertiary/aromatic N) is 2. The molecule has 0 aromatic heterocycles. The van der Waals surface area contributed by atoms with Crippen LogP contribution in [-0.2, 0) is 16.1 Å². The lowest BCUT2D eigenvalue weighted by molar-refractivity contribution is -0.135.